The lowest BCUT2D eigenvalue weighted by atomic mass is 10.4. The zero-order valence-electron chi connectivity index (χ0n) is 11.2. The summed E-state index contributed by atoms with van der Waals surface area (Å²) < 4.78 is 1.81. The Kier molecular flexibility index (Phi) is 3.60. The van der Waals surface area contributed by atoms with Gasteiger partial charge in [0, 0.05) is 30.9 Å². The molecule has 20 heavy (non-hydrogen) atoms. The molecule has 1 aliphatic heterocycles. The first-order chi connectivity index (χ1) is 9.74. The van der Waals surface area contributed by atoms with E-state index < -0.39 is 0 Å². The van der Waals surface area contributed by atoms with E-state index in [4.69, 9.17) is 0 Å². The van der Waals surface area contributed by atoms with Gasteiger partial charge in [-0.05, 0) is 25.8 Å². The SMILES string of the molecule is Cc1nccc(-n2ccs/c2=N\C(=O)N2CCCC2)n1. The molecule has 3 rings (SSSR count). The lowest BCUT2D eigenvalue weighted by Gasteiger charge is -2.10. The molecule has 0 bridgehead atoms. The van der Waals surface area contributed by atoms with Gasteiger partial charge in [-0.2, -0.15) is 4.99 Å². The number of hydrogen-bond donors (Lipinski definition) is 0. The highest BCUT2D eigenvalue weighted by Gasteiger charge is 2.17. The standard InChI is InChI=1S/C13H15N5OS/c1-10-14-5-4-11(15-10)18-8-9-20-13(18)16-12(19)17-6-2-3-7-17/h4-5,8-9H,2-3,6-7H2,1H3/b16-13-. The van der Waals surface area contributed by atoms with Crippen molar-refractivity contribution in [2.45, 2.75) is 19.8 Å². The Bertz CT molecular complexity index is 684. The largest absolute Gasteiger partial charge is 0.346 e. The van der Waals surface area contributed by atoms with Crippen LogP contribution in [0.5, 0.6) is 0 Å². The van der Waals surface area contributed by atoms with Gasteiger partial charge in [0.25, 0.3) is 0 Å². The van der Waals surface area contributed by atoms with Crippen LogP contribution in [0.25, 0.3) is 5.82 Å². The Morgan fingerprint density at radius 2 is 2.20 bits per heavy atom. The summed E-state index contributed by atoms with van der Waals surface area (Å²) in [5.41, 5.74) is 0. The van der Waals surface area contributed by atoms with Crippen LogP contribution in [-0.2, 0) is 0 Å². The van der Waals surface area contributed by atoms with Crippen molar-refractivity contribution in [2.75, 3.05) is 13.1 Å². The van der Waals surface area contributed by atoms with Crippen molar-refractivity contribution in [3.05, 3.63) is 34.5 Å². The van der Waals surface area contributed by atoms with Gasteiger partial charge in [0.05, 0.1) is 0 Å². The normalized spacial score (nSPS) is 15.8. The highest BCUT2D eigenvalue weighted by molar-refractivity contribution is 7.07. The van der Waals surface area contributed by atoms with Crippen molar-refractivity contribution in [3.63, 3.8) is 0 Å². The second kappa shape index (κ2) is 5.54. The number of likely N-dealkylation sites (tertiary alicyclic amines) is 1. The Balaban J connectivity index is 1.95. The summed E-state index contributed by atoms with van der Waals surface area (Å²) in [6.07, 6.45) is 5.70. The van der Waals surface area contributed by atoms with Gasteiger partial charge in [0.2, 0.25) is 0 Å². The maximum atomic E-state index is 12.1. The van der Waals surface area contributed by atoms with Crippen LogP contribution in [0.2, 0.25) is 0 Å². The monoisotopic (exact) mass is 289 g/mol. The molecular formula is C13H15N5OS. The fraction of sp³-hybridized carbons (Fsp3) is 0.385. The van der Waals surface area contributed by atoms with Gasteiger partial charge in [-0.1, -0.05) is 0 Å². The Hall–Kier alpha value is -2.02. The van der Waals surface area contributed by atoms with E-state index in [9.17, 15) is 4.79 Å². The lowest BCUT2D eigenvalue weighted by molar-refractivity contribution is 0.218. The first-order valence-corrected chi connectivity index (χ1v) is 7.42. The first-order valence-electron chi connectivity index (χ1n) is 6.54. The number of aromatic nitrogens is 3. The minimum Gasteiger partial charge on any atom is -0.323 e. The zero-order valence-corrected chi connectivity index (χ0v) is 12.0. The van der Waals surface area contributed by atoms with Crippen LogP contribution in [0.4, 0.5) is 4.79 Å². The quantitative estimate of drug-likeness (QED) is 0.803. The molecule has 3 heterocycles. The minimum absolute atomic E-state index is 0.163. The number of aryl methyl sites for hydroxylation is 1. The van der Waals surface area contributed by atoms with Crippen molar-refractivity contribution < 1.29 is 4.79 Å². The first kappa shape index (κ1) is 13.0. The molecule has 2 amide bonds. The number of carbonyl (C=O) groups is 1. The molecule has 0 atom stereocenters. The van der Waals surface area contributed by atoms with Crippen molar-refractivity contribution in [1.29, 1.82) is 0 Å². The highest BCUT2D eigenvalue weighted by atomic mass is 32.1. The van der Waals surface area contributed by atoms with Crippen molar-refractivity contribution >= 4 is 17.4 Å². The molecule has 0 spiro atoms. The molecule has 1 aliphatic rings. The van der Waals surface area contributed by atoms with E-state index in [1.807, 2.05) is 23.1 Å². The predicted molar refractivity (Wildman–Crippen MR) is 75.7 cm³/mol. The van der Waals surface area contributed by atoms with Crippen molar-refractivity contribution in [1.82, 2.24) is 19.4 Å². The molecule has 0 aromatic carbocycles. The minimum atomic E-state index is -0.163. The molecule has 7 heteroatoms. The summed E-state index contributed by atoms with van der Waals surface area (Å²) in [6.45, 7) is 3.45. The average Bonchev–Trinajstić information content (AvgIpc) is 3.09. The average molecular weight is 289 g/mol. The molecule has 1 saturated heterocycles. The third kappa shape index (κ3) is 2.62. The van der Waals surface area contributed by atoms with Gasteiger partial charge in [0.1, 0.15) is 11.6 Å². The maximum absolute atomic E-state index is 12.1. The van der Waals surface area contributed by atoms with Crippen molar-refractivity contribution in [3.8, 4) is 5.82 Å². The molecule has 2 aromatic heterocycles. The van der Waals surface area contributed by atoms with Crippen LogP contribution in [0.1, 0.15) is 18.7 Å². The molecule has 1 fully saturated rings. The van der Waals surface area contributed by atoms with E-state index in [-0.39, 0.29) is 6.03 Å². The number of hydrogen-bond acceptors (Lipinski definition) is 4. The highest BCUT2D eigenvalue weighted by Crippen LogP contribution is 2.09. The molecule has 0 radical (unpaired) electrons. The van der Waals surface area contributed by atoms with Crippen LogP contribution in [0.15, 0.2) is 28.8 Å². The van der Waals surface area contributed by atoms with E-state index in [1.165, 1.54) is 11.3 Å². The number of nitrogens with zero attached hydrogens (tertiary/aromatic N) is 5. The van der Waals surface area contributed by atoms with E-state index >= 15 is 0 Å². The summed E-state index contributed by atoms with van der Waals surface area (Å²) in [5.74, 6) is 1.42. The Morgan fingerprint density at radius 1 is 1.40 bits per heavy atom. The van der Waals surface area contributed by atoms with Crippen LogP contribution in [0, 0.1) is 6.92 Å². The van der Waals surface area contributed by atoms with Gasteiger partial charge in [0.15, 0.2) is 4.80 Å². The number of amides is 2. The molecule has 0 unspecified atom stereocenters. The summed E-state index contributed by atoms with van der Waals surface area (Å²) in [5, 5.41) is 1.90. The lowest BCUT2D eigenvalue weighted by Crippen LogP contribution is -2.27. The summed E-state index contributed by atoms with van der Waals surface area (Å²) in [4.78, 5) is 27.2. The van der Waals surface area contributed by atoms with E-state index in [2.05, 4.69) is 15.0 Å². The van der Waals surface area contributed by atoms with Gasteiger partial charge >= 0.3 is 6.03 Å². The number of thiazole rings is 1. The Morgan fingerprint density at radius 3 is 2.95 bits per heavy atom. The Labute approximate surface area is 120 Å². The molecule has 0 saturated carbocycles. The van der Waals surface area contributed by atoms with E-state index in [0.29, 0.717) is 10.6 Å². The molecule has 0 N–H and O–H groups in total. The van der Waals surface area contributed by atoms with Crippen LogP contribution in [-0.4, -0.2) is 38.6 Å². The van der Waals surface area contributed by atoms with Gasteiger partial charge in [-0.3, -0.25) is 4.57 Å². The summed E-state index contributed by atoms with van der Waals surface area (Å²) in [7, 11) is 0. The smallest absolute Gasteiger partial charge is 0.323 e. The number of rotatable bonds is 1. The number of urea groups is 1. The topological polar surface area (TPSA) is 63.4 Å². The second-order valence-corrected chi connectivity index (χ2v) is 5.48. The summed E-state index contributed by atoms with van der Waals surface area (Å²) in [6, 6.07) is 1.64. The van der Waals surface area contributed by atoms with Crippen LogP contribution < -0.4 is 4.80 Å². The zero-order chi connectivity index (χ0) is 13.9. The molecule has 104 valence electrons. The second-order valence-electron chi connectivity index (χ2n) is 4.61. The molecule has 2 aromatic rings. The third-order valence-corrected chi connectivity index (χ3v) is 3.92. The van der Waals surface area contributed by atoms with Crippen LogP contribution in [0.3, 0.4) is 0 Å². The molecular weight excluding hydrogens is 274 g/mol. The maximum Gasteiger partial charge on any atom is 0.346 e. The van der Waals surface area contributed by atoms with Crippen molar-refractivity contribution in [2.24, 2.45) is 4.99 Å². The van der Waals surface area contributed by atoms with Gasteiger partial charge in [-0.15, -0.1) is 11.3 Å². The fourth-order valence-electron chi connectivity index (χ4n) is 2.17. The predicted octanol–water partition coefficient (Wildman–Crippen LogP) is 1.75. The fourth-order valence-corrected chi connectivity index (χ4v) is 2.87. The van der Waals surface area contributed by atoms with E-state index in [0.717, 1.165) is 31.7 Å². The molecule has 6 nitrogen and oxygen atoms in total. The molecule has 0 aliphatic carbocycles. The van der Waals surface area contributed by atoms with Crippen LogP contribution >= 0.6 is 11.3 Å². The number of carbonyl (C=O) groups excluding carboxylic acids is 1. The third-order valence-electron chi connectivity index (χ3n) is 3.17. The van der Waals surface area contributed by atoms with Gasteiger partial charge < -0.3 is 4.90 Å². The van der Waals surface area contributed by atoms with E-state index in [1.54, 1.807) is 17.2 Å². The summed E-state index contributed by atoms with van der Waals surface area (Å²) >= 11 is 1.43. The van der Waals surface area contributed by atoms with Gasteiger partial charge in [-0.25, -0.2) is 14.8 Å².